The lowest BCUT2D eigenvalue weighted by atomic mass is 9.86. The average Bonchev–Trinajstić information content (AvgIpc) is 3.37. The van der Waals surface area contributed by atoms with Gasteiger partial charge in [0.15, 0.2) is 11.5 Å². The molecule has 0 aliphatic heterocycles. The molecule has 2 aliphatic rings. The first-order valence-corrected chi connectivity index (χ1v) is 12.8. The van der Waals surface area contributed by atoms with Gasteiger partial charge in [0.1, 0.15) is 5.75 Å². The highest BCUT2D eigenvalue weighted by Crippen LogP contribution is 2.30. The van der Waals surface area contributed by atoms with Crippen molar-refractivity contribution in [3.05, 3.63) is 47.3 Å². The Labute approximate surface area is 202 Å². The van der Waals surface area contributed by atoms with E-state index in [0.29, 0.717) is 25.3 Å². The number of rotatable bonds is 9. The second-order valence-electron chi connectivity index (χ2n) is 9.63. The molecule has 184 valence electrons. The quantitative estimate of drug-likeness (QED) is 0.567. The van der Waals surface area contributed by atoms with E-state index in [4.69, 9.17) is 9.26 Å². The Hall–Kier alpha value is -2.83. The minimum Gasteiger partial charge on any atom is -0.497 e. The van der Waals surface area contributed by atoms with Gasteiger partial charge in [-0.2, -0.15) is 0 Å². The van der Waals surface area contributed by atoms with E-state index < -0.39 is 0 Å². The maximum absolute atomic E-state index is 13.4. The summed E-state index contributed by atoms with van der Waals surface area (Å²) in [5.41, 5.74) is 1.38. The third-order valence-corrected chi connectivity index (χ3v) is 7.23. The number of ether oxygens (including phenoxy) is 1. The molecule has 7 heteroatoms. The molecule has 0 bridgehead atoms. The number of carbonyl (C=O) groups is 2. The first kappa shape index (κ1) is 24.3. The molecule has 2 fully saturated rings. The van der Waals surface area contributed by atoms with Crippen LogP contribution < -0.4 is 10.1 Å². The lowest BCUT2D eigenvalue weighted by Crippen LogP contribution is -2.44. The number of methoxy groups -OCH3 is 1. The molecular formula is C27H37N3O4. The van der Waals surface area contributed by atoms with Crippen LogP contribution in [0.15, 0.2) is 34.9 Å². The monoisotopic (exact) mass is 467 g/mol. The van der Waals surface area contributed by atoms with Gasteiger partial charge >= 0.3 is 0 Å². The highest BCUT2D eigenvalue weighted by Gasteiger charge is 2.32. The molecule has 1 aromatic heterocycles. The summed E-state index contributed by atoms with van der Waals surface area (Å²) < 4.78 is 10.7. The predicted octanol–water partition coefficient (Wildman–Crippen LogP) is 4.90. The molecule has 2 amide bonds. The number of carbonyl (C=O) groups excluding carboxylic acids is 2. The predicted molar refractivity (Wildman–Crippen MR) is 130 cm³/mol. The smallest absolute Gasteiger partial charge is 0.273 e. The molecule has 7 nitrogen and oxygen atoms in total. The standard InChI is InChI=1S/C27H37N3O4/c1-33-23-14-12-20(13-15-23)16-17-28-26(31)25-18-24(34-29-25)19-30(22-10-6-3-7-11-22)27(32)21-8-4-2-5-9-21/h12-15,18,21-22H,2-11,16-17,19H2,1H3,(H,28,31). The van der Waals surface area contributed by atoms with E-state index in [1.54, 1.807) is 13.2 Å². The van der Waals surface area contributed by atoms with Crippen molar-refractivity contribution in [2.24, 2.45) is 5.92 Å². The van der Waals surface area contributed by atoms with Crippen LogP contribution in [0.5, 0.6) is 5.75 Å². The Balaban J connectivity index is 1.34. The van der Waals surface area contributed by atoms with Crippen molar-refractivity contribution >= 4 is 11.8 Å². The van der Waals surface area contributed by atoms with Gasteiger partial charge in [0.2, 0.25) is 5.91 Å². The molecule has 0 atom stereocenters. The van der Waals surface area contributed by atoms with E-state index in [1.165, 1.54) is 12.8 Å². The van der Waals surface area contributed by atoms with Gasteiger partial charge in [-0.05, 0) is 49.8 Å². The van der Waals surface area contributed by atoms with Crippen molar-refractivity contribution in [3.63, 3.8) is 0 Å². The molecule has 0 spiro atoms. The average molecular weight is 468 g/mol. The van der Waals surface area contributed by atoms with Gasteiger partial charge in [0.25, 0.3) is 5.91 Å². The van der Waals surface area contributed by atoms with Crippen molar-refractivity contribution in [3.8, 4) is 5.75 Å². The number of benzene rings is 1. The Kier molecular flexibility index (Phi) is 8.61. The van der Waals surface area contributed by atoms with Gasteiger partial charge in [0, 0.05) is 24.6 Å². The molecule has 0 saturated heterocycles. The fourth-order valence-corrected chi connectivity index (χ4v) is 5.23. The third kappa shape index (κ3) is 6.39. The van der Waals surface area contributed by atoms with Gasteiger partial charge in [-0.3, -0.25) is 9.59 Å². The summed E-state index contributed by atoms with van der Waals surface area (Å²) in [7, 11) is 1.64. The summed E-state index contributed by atoms with van der Waals surface area (Å²) in [6.45, 7) is 0.897. The van der Waals surface area contributed by atoms with Gasteiger partial charge in [-0.15, -0.1) is 0 Å². The zero-order chi connectivity index (χ0) is 23.8. The van der Waals surface area contributed by atoms with Crippen LogP contribution in [0.1, 0.15) is 86.0 Å². The summed E-state index contributed by atoms with van der Waals surface area (Å²) in [6.07, 6.45) is 11.9. The van der Waals surface area contributed by atoms with Crippen LogP contribution in [0, 0.1) is 5.92 Å². The van der Waals surface area contributed by atoms with Crippen LogP contribution in [-0.2, 0) is 17.8 Å². The molecule has 1 aromatic carbocycles. The minimum absolute atomic E-state index is 0.124. The molecule has 1 N–H and O–H groups in total. The SMILES string of the molecule is COc1ccc(CCNC(=O)c2cc(CN(C(=O)C3CCCCC3)C3CCCCC3)on2)cc1. The number of nitrogens with one attached hydrogen (secondary N) is 1. The largest absolute Gasteiger partial charge is 0.497 e. The molecule has 34 heavy (non-hydrogen) atoms. The maximum atomic E-state index is 13.4. The van der Waals surface area contributed by atoms with Gasteiger partial charge in [0.05, 0.1) is 13.7 Å². The Morgan fingerprint density at radius 2 is 1.71 bits per heavy atom. The highest BCUT2D eigenvalue weighted by molar-refractivity contribution is 5.92. The van der Waals surface area contributed by atoms with Crippen molar-refractivity contribution in [1.29, 1.82) is 0 Å². The molecule has 0 radical (unpaired) electrons. The van der Waals surface area contributed by atoms with Gasteiger partial charge in [-0.1, -0.05) is 55.8 Å². The molecule has 4 rings (SSSR count). The summed E-state index contributed by atoms with van der Waals surface area (Å²) >= 11 is 0. The van der Waals surface area contributed by atoms with E-state index >= 15 is 0 Å². The van der Waals surface area contributed by atoms with E-state index in [9.17, 15) is 9.59 Å². The second kappa shape index (κ2) is 12.0. The molecule has 2 aliphatic carbocycles. The fourth-order valence-electron chi connectivity index (χ4n) is 5.23. The van der Waals surface area contributed by atoms with Crippen LogP contribution in [0.2, 0.25) is 0 Å². The lowest BCUT2D eigenvalue weighted by Gasteiger charge is -2.37. The van der Waals surface area contributed by atoms with Crippen molar-refractivity contribution < 1.29 is 18.8 Å². The number of hydrogen-bond donors (Lipinski definition) is 1. The van der Waals surface area contributed by atoms with Crippen molar-refractivity contribution in [2.45, 2.75) is 83.2 Å². The maximum Gasteiger partial charge on any atom is 0.273 e. The van der Waals surface area contributed by atoms with E-state index in [1.807, 2.05) is 29.2 Å². The van der Waals surface area contributed by atoms with E-state index in [2.05, 4.69) is 10.5 Å². The second-order valence-corrected chi connectivity index (χ2v) is 9.63. The first-order chi connectivity index (χ1) is 16.6. The van der Waals surface area contributed by atoms with Crippen molar-refractivity contribution in [1.82, 2.24) is 15.4 Å². The van der Waals surface area contributed by atoms with Crippen LogP contribution in [0.25, 0.3) is 0 Å². The molecule has 1 heterocycles. The normalized spacial score (nSPS) is 17.3. The number of amides is 2. The zero-order valence-electron chi connectivity index (χ0n) is 20.3. The Morgan fingerprint density at radius 3 is 2.38 bits per heavy atom. The van der Waals surface area contributed by atoms with E-state index in [0.717, 1.165) is 62.7 Å². The van der Waals surface area contributed by atoms with Crippen LogP contribution in [0.3, 0.4) is 0 Å². The van der Waals surface area contributed by atoms with Crippen LogP contribution in [-0.4, -0.2) is 41.6 Å². The van der Waals surface area contributed by atoms with Crippen LogP contribution in [0.4, 0.5) is 0 Å². The van der Waals surface area contributed by atoms with Gasteiger partial charge < -0.3 is 19.5 Å². The van der Waals surface area contributed by atoms with E-state index in [-0.39, 0.29) is 29.5 Å². The summed E-state index contributed by atoms with van der Waals surface area (Å²) in [5, 5.41) is 6.90. The molecule has 2 aromatic rings. The molecular weight excluding hydrogens is 430 g/mol. The van der Waals surface area contributed by atoms with Crippen molar-refractivity contribution in [2.75, 3.05) is 13.7 Å². The fraction of sp³-hybridized carbons (Fsp3) is 0.593. The number of hydrogen-bond acceptors (Lipinski definition) is 5. The number of nitrogens with zero attached hydrogens (tertiary/aromatic N) is 2. The topological polar surface area (TPSA) is 84.7 Å². The zero-order valence-corrected chi connectivity index (χ0v) is 20.3. The minimum atomic E-state index is -0.258. The van der Waals surface area contributed by atoms with Gasteiger partial charge in [-0.25, -0.2) is 0 Å². The Bertz CT molecular complexity index is 928. The summed E-state index contributed by atoms with van der Waals surface area (Å²) in [5.74, 6) is 1.52. The Morgan fingerprint density at radius 1 is 1.03 bits per heavy atom. The summed E-state index contributed by atoms with van der Waals surface area (Å²) in [4.78, 5) is 28.0. The molecule has 0 unspecified atom stereocenters. The summed E-state index contributed by atoms with van der Waals surface area (Å²) in [6, 6.07) is 9.74. The third-order valence-electron chi connectivity index (χ3n) is 7.23. The lowest BCUT2D eigenvalue weighted by molar-refractivity contribution is -0.140. The van der Waals surface area contributed by atoms with Crippen LogP contribution >= 0.6 is 0 Å². The highest BCUT2D eigenvalue weighted by atomic mass is 16.5. The molecule has 2 saturated carbocycles. The number of aromatic nitrogens is 1. The first-order valence-electron chi connectivity index (χ1n) is 12.8.